The second-order valence-corrected chi connectivity index (χ2v) is 7.73. The van der Waals surface area contributed by atoms with Crippen molar-refractivity contribution in [3.8, 4) is 0 Å². The van der Waals surface area contributed by atoms with E-state index in [1.807, 2.05) is 0 Å². The van der Waals surface area contributed by atoms with Gasteiger partial charge in [0, 0.05) is 0 Å². The van der Waals surface area contributed by atoms with E-state index in [2.05, 4.69) is 21.3 Å². The van der Waals surface area contributed by atoms with Crippen molar-refractivity contribution in [2.75, 3.05) is 0 Å². The van der Waals surface area contributed by atoms with Crippen LogP contribution in [0.15, 0.2) is 0 Å². The fourth-order valence-corrected chi connectivity index (χ4v) is 5.75. The van der Waals surface area contributed by atoms with Gasteiger partial charge in [-0.1, -0.05) is 0 Å². The third kappa shape index (κ3) is 2.06. The fourth-order valence-electron chi connectivity index (χ4n) is 1.79. The van der Waals surface area contributed by atoms with Crippen LogP contribution < -0.4 is 21.3 Å². The summed E-state index contributed by atoms with van der Waals surface area (Å²) in [6, 6.07) is -1.22. The van der Waals surface area contributed by atoms with Gasteiger partial charge in [-0.2, -0.15) is 0 Å². The normalized spacial score (nSPS) is 29.6. The Bertz CT molecular complexity index is 379. The summed E-state index contributed by atoms with van der Waals surface area (Å²) < 4.78 is 5.28. The van der Waals surface area contributed by atoms with Crippen molar-refractivity contribution in [1.82, 2.24) is 21.3 Å². The highest BCUT2D eigenvalue weighted by Crippen LogP contribution is 2.07. The van der Waals surface area contributed by atoms with E-state index >= 15 is 0 Å². The van der Waals surface area contributed by atoms with Gasteiger partial charge in [-0.15, -0.1) is 0 Å². The fraction of sp³-hybridized carbons (Fsp3) is 0.333. The largest absolute Gasteiger partial charge is 0.463 e. The van der Waals surface area contributed by atoms with E-state index < -0.39 is 44.2 Å². The number of amides is 6. The molecule has 0 aromatic rings. The Balaban J connectivity index is 2.16. The molecule has 2 saturated heterocycles. The summed E-state index contributed by atoms with van der Waals surface area (Å²) in [4.78, 5) is 44.9. The molecule has 2 heterocycles. The van der Waals surface area contributed by atoms with Gasteiger partial charge in [-0.3, -0.25) is 20.2 Å². The zero-order valence-corrected chi connectivity index (χ0v) is 11.9. The molecule has 0 aromatic heterocycles. The average Bonchev–Trinajstić information content (AvgIpc) is 2.73. The Labute approximate surface area is 99.9 Å². The number of nitrogens with one attached hydrogen (secondary N) is 4. The number of hydrogen-bond acceptors (Lipinski definition) is 5. The average molecular weight is 274 g/mol. The zero-order chi connectivity index (χ0) is 12.6. The van der Waals surface area contributed by atoms with Crippen LogP contribution in [0.5, 0.6) is 0 Å². The van der Waals surface area contributed by atoms with Crippen molar-refractivity contribution in [2.45, 2.75) is 11.3 Å². The minimum absolute atomic E-state index is 0.310. The Hall–Kier alpha value is -1.73. The number of hydrogen-bond donors (Lipinski definition) is 4. The van der Waals surface area contributed by atoms with Gasteiger partial charge in [0.2, 0.25) is 20.9 Å². The first-order valence-corrected chi connectivity index (χ1v) is 7.40. The molecular weight excluding hydrogens is 264 g/mol. The summed E-state index contributed by atoms with van der Waals surface area (Å²) in [5.41, 5.74) is -1.68. The molecule has 2 atom stereocenters. The van der Waals surface area contributed by atoms with Crippen LogP contribution in [0.25, 0.3) is 0 Å². The van der Waals surface area contributed by atoms with Gasteiger partial charge in [0.1, 0.15) is 21.8 Å². The Morgan fingerprint density at radius 1 is 0.941 bits per heavy atom. The van der Waals surface area contributed by atoms with Crippen molar-refractivity contribution in [1.29, 1.82) is 0 Å². The smallest absolute Gasteiger partial charge is 0.321 e. The first kappa shape index (κ1) is 11.8. The van der Waals surface area contributed by atoms with Crippen LogP contribution in [0.3, 0.4) is 0 Å². The molecule has 9 nitrogen and oxygen atoms in total. The molecule has 0 aliphatic carbocycles. The molecule has 2 fully saturated rings. The Morgan fingerprint density at radius 3 is 1.59 bits per heavy atom. The molecule has 0 radical (unpaired) electrons. The number of carbonyl (C=O) groups is 4. The van der Waals surface area contributed by atoms with E-state index in [4.69, 9.17) is 4.12 Å². The number of carbonyl (C=O) groups excluding carboxylic acids is 4. The number of urea groups is 2. The second kappa shape index (κ2) is 4.27. The van der Waals surface area contributed by atoms with E-state index in [1.165, 1.54) is 0 Å². The van der Waals surface area contributed by atoms with E-state index in [-0.39, 0.29) is 0 Å². The van der Waals surface area contributed by atoms with Crippen LogP contribution in [0.1, 0.15) is 0 Å². The predicted molar refractivity (Wildman–Crippen MR) is 59.1 cm³/mol. The van der Waals surface area contributed by atoms with Gasteiger partial charge in [0.25, 0.3) is 0 Å². The summed E-state index contributed by atoms with van der Waals surface area (Å²) in [6.45, 7) is 0. The topological polar surface area (TPSA) is 126 Å². The highest BCUT2D eigenvalue weighted by atomic mass is 28.3. The molecule has 0 aromatic carbocycles. The van der Waals surface area contributed by atoms with Crippen molar-refractivity contribution >= 4 is 43.4 Å². The van der Waals surface area contributed by atoms with Crippen LogP contribution in [0.4, 0.5) is 9.59 Å². The first-order chi connectivity index (χ1) is 8.02. The molecule has 2 aliphatic rings. The van der Waals surface area contributed by atoms with E-state index in [0.29, 0.717) is 10.5 Å². The highest BCUT2D eigenvalue weighted by Gasteiger charge is 2.47. The lowest BCUT2D eigenvalue weighted by atomic mass is 10.6. The van der Waals surface area contributed by atoms with Gasteiger partial charge in [-0.25, -0.2) is 9.59 Å². The number of imide groups is 2. The molecular formula is C6H10N4O5Si2. The summed E-state index contributed by atoms with van der Waals surface area (Å²) in [5.74, 6) is -1.03. The zero-order valence-electron chi connectivity index (χ0n) is 8.77. The molecule has 0 bridgehead atoms. The first-order valence-electron chi connectivity index (χ1n) is 4.78. The quantitative estimate of drug-likeness (QED) is 0.305. The molecule has 92 valence electrons. The van der Waals surface area contributed by atoms with E-state index in [9.17, 15) is 19.2 Å². The van der Waals surface area contributed by atoms with Crippen LogP contribution in [-0.2, 0) is 13.7 Å². The monoisotopic (exact) mass is 274 g/mol. The highest BCUT2D eigenvalue weighted by molar-refractivity contribution is 6.68. The Kier molecular flexibility index (Phi) is 2.95. The number of rotatable bonds is 3. The maximum atomic E-state index is 11.5. The van der Waals surface area contributed by atoms with Gasteiger partial charge in [0.05, 0.1) is 0 Å². The van der Waals surface area contributed by atoms with Gasteiger partial charge in [0.15, 0.2) is 0 Å². The van der Waals surface area contributed by atoms with Crippen LogP contribution in [0, 0.1) is 0 Å². The van der Waals surface area contributed by atoms with Crippen molar-refractivity contribution in [2.24, 2.45) is 0 Å². The van der Waals surface area contributed by atoms with Crippen molar-refractivity contribution < 1.29 is 23.3 Å². The summed E-state index contributed by atoms with van der Waals surface area (Å²) in [5, 5.41) is 8.93. The standard InChI is InChI=1S/C6H10N4O5Si2/c11-1-3(9-5(13)7-1)17(15-16)4-2(12)8-6(14)10-4/h3-4,17H,16H3,(H2,7,9,11,13)(H2,8,10,12,14). The lowest BCUT2D eigenvalue weighted by Crippen LogP contribution is -2.58. The molecule has 0 spiro atoms. The van der Waals surface area contributed by atoms with Crippen LogP contribution in [-0.4, -0.2) is 54.7 Å². The summed E-state index contributed by atoms with van der Waals surface area (Å²) in [6.07, 6.45) is 0. The second-order valence-electron chi connectivity index (χ2n) is 3.58. The molecule has 11 heteroatoms. The predicted octanol–water partition coefficient (Wildman–Crippen LogP) is -4.50. The summed E-state index contributed by atoms with van der Waals surface area (Å²) >= 11 is 0. The molecule has 6 amide bonds. The third-order valence-electron chi connectivity index (χ3n) is 2.54. The van der Waals surface area contributed by atoms with Crippen LogP contribution >= 0.6 is 0 Å². The van der Waals surface area contributed by atoms with Gasteiger partial charge >= 0.3 is 12.1 Å². The molecule has 0 saturated carbocycles. The molecule has 2 aliphatic heterocycles. The van der Waals surface area contributed by atoms with Gasteiger partial charge in [-0.05, 0) is 0 Å². The third-order valence-corrected chi connectivity index (χ3v) is 6.97. The molecule has 2 unspecified atom stereocenters. The van der Waals surface area contributed by atoms with Crippen molar-refractivity contribution in [3.63, 3.8) is 0 Å². The van der Waals surface area contributed by atoms with E-state index in [1.54, 1.807) is 0 Å². The van der Waals surface area contributed by atoms with Crippen LogP contribution in [0.2, 0.25) is 0 Å². The minimum atomic E-state index is -2.44. The molecule has 4 N–H and O–H groups in total. The van der Waals surface area contributed by atoms with E-state index in [0.717, 1.165) is 0 Å². The minimum Gasteiger partial charge on any atom is -0.463 e. The Morgan fingerprint density at radius 2 is 1.35 bits per heavy atom. The summed E-state index contributed by atoms with van der Waals surface area (Å²) in [7, 11) is -2.13. The van der Waals surface area contributed by atoms with Crippen molar-refractivity contribution in [3.05, 3.63) is 0 Å². The maximum Gasteiger partial charge on any atom is 0.321 e. The lowest BCUT2D eigenvalue weighted by molar-refractivity contribution is -0.119. The maximum absolute atomic E-state index is 11.5. The molecule has 17 heavy (non-hydrogen) atoms. The molecule has 2 rings (SSSR count). The van der Waals surface area contributed by atoms with Gasteiger partial charge < -0.3 is 14.7 Å². The SMILES string of the molecule is O=C1NC(=O)C([SiH](O[SiH3])C2NC(=O)NC2=O)N1. The lowest BCUT2D eigenvalue weighted by Gasteiger charge is -2.22.